The second-order valence-corrected chi connectivity index (χ2v) is 12.5. The summed E-state index contributed by atoms with van der Waals surface area (Å²) in [4.78, 5) is 12.4. The zero-order chi connectivity index (χ0) is 23.4. The van der Waals surface area contributed by atoms with Crippen LogP contribution in [0, 0.1) is 34.5 Å². The molecule has 4 aliphatic carbocycles. The molecule has 4 unspecified atom stereocenters. The van der Waals surface area contributed by atoms with Crippen molar-refractivity contribution in [2.24, 2.45) is 34.5 Å². The van der Waals surface area contributed by atoms with E-state index in [1.807, 2.05) is 18.2 Å². The molecule has 7 atom stereocenters. The topological polar surface area (TPSA) is 57.5 Å². The standard InChI is InChI=1S/C30H42O3/c1-28-14-11-24(32)19-22(28)18-21(9-5-4-7-20-8-6-10-23(31)17-20)27-25(28)12-15-29(2)26(27)13-16-30(29,3)33/h6,8,10,17,19,21,25-27,31,33H,4-5,7,9,11-16,18H2,1-3H3/t21?,25?,26?,27?,28-,29-,30-/m0/s1. The van der Waals surface area contributed by atoms with Crippen LogP contribution in [-0.4, -0.2) is 21.6 Å². The molecule has 0 heterocycles. The fraction of sp³-hybridized carbons (Fsp3) is 0.700. The van der Waals surface area contributed by atoms with Gasteiger partial charge in [0, 0.05) is 6.42 Å². The van der Waals surface area contributed by atoms with Crippen molar-refractivity contribution in [1.82, 2.24) is 0 Å². The molecule has 1 aromatic carbocycles. The highest BCUT2D eigenvalue weighted by Crippen LogP contribution is 2.69. The maximum absolute atomic E-state index is 12.4. The Kier molecular flexibility index (Phi) is 5.79. The minimum Gasteiger partial charge on any atom is -0.508 e. The molecule has 2 N–H and O–H groups in total. The van der Waals surface area contributed by atoms with E-state index >= 15 is 0 Å². The lowest BCUT2D eigenvalue weighted by atomic mass is 9.44. The van der Waals surface area contributed by atoms with Crippen molar-refractivity contribution >= 4 is 5.78 Å². The lowest BCUT2D eigenvalue weighted by molar-refractivity contribution is -0.135. The van der Waals surface area contributed by atoms with Crippen LogP contribution < -0.4 is 0 Å². The van der Waals surface area contributed by atoms with Crippen LogP contribution in [0.5, 0.6) is 5.75 Å². The van der Waals surface area contributed by atoms with Crippen molar-refractivity contribution in [3.05, 3.63) is 41.5 Å². The van der Waals surface area contributed by atoms with Gasteiger partial charge in [-0.05, 0) is 123 Å². The smallest absolute Gasteiger partial charge is 0.155 e. The Morgan fingerprint density at radius 1 is 1.03 bits per heavy atom. The predicted molar refractivity (Wildman–Crippen MR) is 132 cm³/mol. The first kappa shape index (κ1) is 23.1. The number of carbonyl (C=O) groups is 1. The molecule has 0 amide bonds. The molecule has 0 aromatic heterocycles. The SMILES string of the molecule is C[C@]12CCC(=O)C=C1CC(CCCCc1cccc(O)c1)C1C2CC[C@@]2(C)C1CC[C@]2(C)O. The summed E-state index contributed by atoms with van der Waals surface area (Å²) in [6.45, 7) is 6.92. The highest BCUT2D eigenvalue weighted by atomic mass is 16.3. The molecule has 1 aromatic rings. The number of unbranched alkanes of at least 4 members (excludes halogenated alkanes) is 1. The van der Waals surface area contributed by atoms with Gasteiger partial charge in [-0.3, -0.25) is 4.79 Å². The molecule has 3 heteroatoms. The molecule has 4 aliphatic rings. The summed E-state index contributed by atoms with van der Waals surface area (Å²) in [5, 5.41) is 21.1. The lowest BCUT2D eigenvalue weighted by Gasteiger charge is -2.61. The summed E-state index contributed by atoms with van der Waals surface area (Å²) in [7, 11) is 0. The minimum atomic E-state index is -0.554. The van der Waals surface area contributed by atoms with Crippen molar-refractivity contribution in [2.75, 3.05) is 0 Å². The van der Waals surface area contributed by atoms with Crippen LogP contribution in [0.25, 0.3) is 0 Å². The molecule has 0 aliphatic heterocycles. The molecular weight excluding hydrogens is 408 g/mol. The quantitative estimate of drug-likeness (QED) is 0.496. The van der Waals surface area contributed by atoms with Crippen molar-refractivity contribution < 1.29 is 15.0 Å². The number of aliphatic hydroxyl groups is 1. The van der Waals surface area contributed by atoms with Crippen molar-refractivity contribution in [3.8, 4) is 5.75 Å². The second-order valence-electron chi connectivity index (χ2n) is 12.5. The van der Waals surface area contributed by atoms with E-state index in [0.717, 1.165) is 44.9 Å². The highest BCUT2D eigenvalue weighted by molar-refractivity contribution is 5.91. The van der Waals surface area contributed by atoms with Gasteiger partial charge in [0.1, 0.15) is 5.75 Å². The van der Waals surface area contributed by atoms with Crippen LogP contribution in [0.4, 0.5) is 0 Å². The van der Waals surface area contributed by atoms with E-state index in [0.29, 0.717) is 41.6 Å². The molecule has 180 valence electrons. The van der Waals surface area contributed by atoms with Gasteiger partial charge in [-0.15, -0.1) is 0 Å². The zero-order valence-electron chi connectivity index (χ0n) is 20.8. The third kappa shape index (κ3) is 3.79. The Balaban J connectivity index is 1.37. The number of fused-ring (bicyclic) bond motifs is 5. The van der Waals surface area contributed by atoms with Gasteiger partial charge in [-0.2, -0.15) is 0 Å². The normalized spacial score (nSPS) is 42.3. The van der Waals surface area contributed by atoms with Crippen LogP contribution in [-0.2, 0) is 11.2 Å². The summed E-state index contributed by atoms with van der Waals surface area (Å²) >= 11 is 0. The zero-order valence-corrected chi connectivity index (χ0v) is 20.8. The van der Waals surface area contributed by atoms with Crippen LogP contribution in [0.1, 0.15) is 90.5 Å². The third-order valence-electron chi connectivity index (χ3n) is 10.9. The molecule has 3 nitrogen and oxygen atoms in total. The van der Waals surface area contributed by atoms with E-state index in [-0.39, 0.29) is 10.8 Å². The summed E-state index contributed by atoms with van der Waals surface area (Å²) in [5.74, 6) is 3.20. The Morgan fingerprint density at radius 3 is 2.61 bits per heavy atom. The minimum absolute atomic E-state index is 0.0239. The number of benzene rings is 1. The average Bonchev–Trinajstić information content (AvgIpc) is 3.01. The number of aromatic hydroxyl groups is 1. The Hall–Kier alpha value is -1.61. The van der Waals surface area contributed by atoms with Crippen molar-refractivity contribution in [1.29, 1.82) is 0 Å². The fourth-order valence-electron chi connectivity index (χ4n) is 8.69. The van der Waals surface area contributed by atoms with E-state index in [2.05, 4.69) is 26.8 Å². The van der Waals surface area contributed by atoms with Crippen LogP contribution in [0.3, 0.4) is 0 Å². The van der Waals surface area contributed by atoms with E-state index in [1.165, 1.54) is 30.4 Å². The van der Waals surface area contributed by atoms with Gasteiger partial charge in [-0.1, -0.05) is 38.0 Å². The van der Waals surface area contributed by atoms with Gasteiger partial charge >= 0.3 is 0 Å². The van der Waals surface area contributed by atoms with Gasteiger partial charge in [0.25, 0.3) is 0 Å². The Morgan fingerprint density at radius 2 is 1.82 bits per heavy atom. The van der Waals surface area contributed by atoms with Crippen LogP contribution >= 0.6 is 0 Å². The maximum Gasteiger partial charge on any atom is 0.155 e. The third-order valence-corrected chi connectivity index (χ3v) is 10.9. The van der Waals surface area contributed by atoms with Gasteiger partial charge in [0.15, 0.2) is 5.78 Å². The number of allylic oxidation sites excluding steroid dienone is 1. The molecular formula is C30H42O3. The first-order valence-electron chi connectivity index (χ1n) is 13.4. The molecule has 3 saturated carbocycles. The lowest BCUT2D eigenvalue weighted by Crippen LogP contribution is -2.56. The molecule has 3 fully saturated rings. The fourth-order valence-corrected chi connectivity index (χ4v) is 8.69. The first-order valence-corrected chi connectivity index (χ1v) is 13.4. The van der Waals surface area contributed by atoms with Crippen LogP contribution in [0.2, 0.25) is 0 Å². The summed E-state index contributed by atoms with van der Waals surface area (Å²) in [5.41, 5.74) is 2.29. The number of rotatable bonds is 5. The summed E-state index contributed by atoms with van der Waals surface area (Å²) in [6.07, 6.45) is 13.7. The maximum atomic E-state index is 12.4. The van der Waals surface area contributed by atoms with E-state index in [9.17, 15) is 15.0 Å². The van der Waals surface area contributed by atoms with Crippen molar-refractivity contribution in [3.63, 3.8) is 0 Å². The van der Waals surface area contributed by atoms with Gasteiger partial charge in [-0.25, -0.2) is 0 Å². The number of phenolic OH excluding ortho intramolecular Hbond substituents is 1. The van der Waals surface area contributed by atoms with E-state index < -0.39 is 5.60 Å². The molecule has 0 bridgehead atoms. The monoisotopic (exact) mass is 450 g/mol. The summed E-state index contributed by atoms with van der Waals surface area (Å²) in [6, 6.07) is 7.65. The number of ketones is 1. The average molecular weight is 451 g/mol. The van der Waals surface area contributed by atoms with Gasteiger partial charge in [0.2, 0.25) is 0 Å². The second kappa shape index (κ2) is 8.26. The van der Waals surface area contributed by atoms with E-state index in [4.69, 9.17) is 0 Å². The molecule has 0 radical (unpaired) electrons. The largest absolute Gasteiger partial charge is 0.508 e. The van der Waals surface area contributed by atoms with Crippen molar-refractivity contribution in [2.45, 2.75) is 97.0 Å². The van der Waals surface area contributed by atoms with Gasteiger partial charge < -0.3 is 10.2 Å². The molecule has 33 heavy (non-hydrogen) atoms. The highest BCUT2D eigenvalue weighted by Gasteiger charge is 2.64. The number of phenols is 1. The Labute approximate surface area is 199 Å². The number of hydrogen-bond acceptors (Lipinski definition) is 3. The molecule has 5 rings (SSSR count). The number of aryl methyl sites for hydroxylation is 1. The number of hydrogen-bond donors (Lipinski definition) is 2. The first-order chi connectivity index (χ1) is 15.6. The number of carbonyl (C=O) groups excluding carboxylic acids is 1. The predicted octanol–water partition coefficient (Wildman–Crippen LogP) is 6.61. The summed E-state index contributed by atoms with van der Waals surface area (Å²) < 4.78 is 0. The molecule has 0 saturated heterocycles. The van der Waals surface area contributed by atoms with E-state index in [1.54, 1.807) is 6.07 Å². The van der Waals surface area contributed by atoms with Crippen LogP contribution in [0.15, 0.2) is 35.9 Å². The Bertz CT molecular complexity index is 946. The molecule has 0 spiro atoms. The van der Waals surface area contributed by atoms with Gasteiger partial charge in [0.05, 0.1) is 5.60 Å².